The summed E-state index contributed by atoms with van der Waals surface area (Å²) in [5.74, 6) is 0.488. The van der Waals surface area contributed by atoms with Gasteiger partial charge in [-0.3, -0.25) is 9.88 Å². The molecule has 0 spiro atoms. The van der Waals surface area contributed by atoms with Crippen LogP contribution in [0.2, 0.25) is 10.0 Å². The van der Waals surface area contributed by atoms with Gasteiger partial charge >= 0.3 is 0 Å². The van der Waals surface area contributed by atoms with E-state index in [4.69, 9.17) is 28.3 Å². The largest absolute Gasteiger partial charge is 0.396 e. The van der Waals surface area contributed by atoms with Gasteiger partial charge in [0.15, 0.2) is 0 Å². The Morgan fingerprint density at radius 2 is 2.00 bits per heavy atom. The molecule has 0 aliphatic heterocycles. The lowest BCUT2D eigenvalue weighted by Gasteiger charge is -2.34. The van der Waals surface area contributed by atoms with Gasteiger partial charge in [0.1, 0.15) is 0 Å². The summed E-state index contributed by atoms with van der Waals surface area (Å²) in [6.45, 7) is 1.06. The molecule has 1 aliphatic carbocycles. The number of hydrogen-bond donors (Lipinski definition) is 1. The number of hydrogen-bond acceptors (Lipinski definition) is 3. The van der Waals surface area contributed by atoms with E-state index in [9.17, 15) is 0 Å². The first-order valence-electron chi connectivity index (χ1n) is 6.71. The molecule has 3 nitrogen and oxygen atoms in total. The first kappa shape index (κ1) is 15.0. The minimum atomic E-state index is 0.320. The van der Waals surface area contributed by atoms with Gasteiger partial charge in [0.25, 0.3) is 0 Å². The van der Waals surface area contributed by atoms with E-state index >= 15 is 0 Å². The molecule has 1 heterocycles. The Balaban J connectivity index is 1.92. The van der Waals surface area contributed by atoms with Crippen LogP contribution in [-0.2, 0) is 6.54 Å². The van der Waals surface area contributed by atoms with Crippen molar-refractivity contribution in [3.05, 3.63) is 28.0 Å². The van der Waals surface area contributed by atoms with Crippen molar-refractivity contribution in [2.75, 3.05) is 13.7 Å². The predicted molar refractivity (Wildman–Crippen MR) is 78.6 cm³/mol. The molecule has 1 aromatic rings. The first-order chi connectivity index (χ1) is 9.10. The summed E-state index contributed by atoms with van der Waals surface area (Å²) >= 11 is 12.0. The summed E-state index contributed by atoms with van der Waals surface area (Å²) in [6, 6.07) is 2.29. The normalized spacial score (nSPS) is 23.8. The molecular formula is C14H20Cl2N2O. The molecule has 5 heteroatoms. The molecule has 1 aliphatic rings. The zero-order valence-electron chi connectivity index (χ0n) is 11.1. The lowest BCUT2D eigenvalue weighted by molar-refractivity contribution is 0.123. The molecule has 1 aromatic heterocycles. The summed E-state index contributed by atoms with van der Waals surface area (Å²) in [7, 11) is 2.11. The van der Waals surface area contributed by atoms with Crippen LogP contribution >= 0.6 is 23.2 Å². The fraction of sp³-hybridized carbons (Fsp3) is 0.643. The van der Waals surface area contributed by atoms with Gasteiger partial charge in [-0.05, 0) is 44.7 Å². The molecule has 0 aromatic carbocycles. The van der Waals surface area contributed by atoms with E-state index in [-0.39, 0.29) is 0 Å². The lowest BCUT2D eigenvalue weighted by Crippen LogP contribution is -2.35. The second kappa shape index (κ2) is 6.89. The Morgan fingerprint density at radius 3 is 2.58 bits per heavy atom. The number of pyridine rings is 1. The van der Waals surface area contributed by atoms with Gasteiger partial charge in [-0.15, -0.1) is 0 Å². The van der Waals surface area contributed by atoms with Gasteiger partial charge in [-0.25, -0.2) is 0 Å². The van der Waals surface area contributed by atoms with Crippen molar-refractivity contribution in [2.24, 2.45) is 5.92 Å². The SMILES string of the molecule is CN(Cc1ncc(Cl)cc1Cl)C1CCC(CO)CC1. The van der Waals surface area contributed by atoms with Crippen molar-refractivity contribution < 1.29 is 5.11 Å². The minimum Gasteiger partial charge on any atom is -0.396 e. The van der Waals surface area contributed by atoms with Crippen LogP contribution in [0.15, 0.2) is 12.3 Å². The summed E-state index contributed by atoms with van der Waals surface area (Å²) < 4.78 is 0. The first-order valence-corrected chi connectivity index (χ1v) is 7.46. The van der Waals surface area contributed by atoms with Gasteiger partial charge in [0, 0.05) is 25.4 Å². The molecule has 106 valence electrons. The Hall–Kier alpha value is -0.350. The molecule has 1 N–H and O–H groups in total. The maximum absolute atomic E-state index is 9.16. The third-order valence-corrected chi connectivity index (χ3v) is 4.51. The third kappa shape index (κ3) is 4.06. The van der Waals surface area contributed by atoms with Gasteiger partial charge in [0.2, 0.25) is 0 Å². The third-order valence-electron chi connectivity index (χ3n) is 3.98. The molecule has 19 heavy (non-hydrogen) atoms. The topological polar surface area (TPSA) is 36.4 Å². The molecule has 0 radical (unpaired) electrons. The van der Waals surface area contributed by atoms with Gasteiger partial charge in [-0.2, -0.15) is 0 Å². The summed E-state index contributed by atoms with van der Waals surface area (Å²) in [4.78, 5) is 6.60. The Labute approximate surface area is 124 Å². The zero-order valence-corrected chi connectivity index (χ0v) is 12.7. The zero-order chi connectivity index (χ0) is 13.8. The number of aliphatic hydroxyl groups excluding tert-OH is 1. The van der Waals surface area contributed by atoms with Crippen molar-refractivity contribution in [2.45, 2.75) is 38.3 Å². The van der Waals surface area contributed by atoms with E-state index in [1.807, 2.05) is 0 Å². The van der Waals surface area contributed by atoms with Crippen LogP contribution < -0.4 is 0 Å². The van der Waals surface area contributed by atoms with E-state index in [0.717, 1.165) is 37.9 Å². The summed E-state index contributed by atoms with van der Waals surface area (Å²) in [6.07, 6.45) is 6.11. The molecule has 2 rings (SSSR count). The number of aliphatic hydroxyl groups is 1. The van der Waals surface area contributed by atoms with E-state index < -0.39 is 0 Å². The van der Waals surface area contributed by atoms with Crippen molar-refractivity contribution in [3.8, 4) is 0 Å². The van der Waals surface area contributed by atoms with Crippen molar-refractivity contribution in [1.82, 2.24) is 9.88 Å². The molecule has 1 fully saturated rings. The second-order valence-electron chi connectivity index (χ2n) is 5.35. The predicted octanol–water partition coefficient (Wildman–Crippen LogP) is 3.37. The number of nitrogens with zero attached hydrogens (tertiary/aromatic N) is 2. The average molecular weight is 303 g/mol. The van der Waals surface area contributed by atoms with Crippen LogP contribution in [0.3, 0.4) is 0 Å². The minimum absolute atomic E-state index is 0.320. The van der Waals surface area contributed by atoms with Gasteiger partial charge in [0.05, 0.1) is 15.7 Å². The van der Waals surface area contributed by atoms with Gasteiger partial charge in [-0.1, -0.05) is 23.2 Å². The highest BCUT2D eigenvalue weighted by atomic mass is 35.5. The number of rotatable bonds is 4. The monoisotopic (exact) mass is 302 g/mol. The quantitative estimate of drug-likeness (QED) is 0.926. The van der Waals surface area contributed by atoms with Crippen molar-refractivity contribution >= 4 is 23.2 Å². The molecule has 0 amide bonds. The van der Waals surface area contributed by atoms with Crippen LogP contribution in [0.5, 0.6) is 0 Å². The molecule has 1 saturated carbocycles. The van der Waals surface area contributed by atoms with Crippen LogP contribution in [0.25, 0.3) is 0 Å². The second-order valence-corrected chi connectivity index (χ2v) is 6.20. The standard InChI is InChI=1S/C14H20Cl2N2O/c1-18(12-4-2-10(9-19)3-5-12)8-14-13(16)6-11(15)7-17-14/h6-7,10,12,19H,2-5,8-9H2,1H3. The molecule has 0 unspecified atom stereocenters. The van der Waals surface area contributed by atoms with Crippen molar-refractivity contribution in [3.63, 3.8) is 0 Å². The fourth-order valence-electron chi connectivity index (χ4n) is 2.69. The van der Waals surface area contributed by atoms with Crippen molar-refractivity contribution in [1.29, 1.82) is 0 Å². The summed E-state index contributed by atoms with van der Waals surface area (Å²) in [5.41, 5.74) is 0.873. The van der Waals surface area contributed by atoms with E-state index in [0.29, 0.717) is 28.6 Å². The maximum atomic E-state index is 9.16. The number of aromatic nitrogens is 1. The van der Waals surface area contributed by atoms with E-state index in [1.54, 1.807) is 12.3 Å². The molecule has 0 saturated heterocycles. The van der Waals surface area contributed by atoms with Crippen LogP contribution in [0, 0.1) is 5.92 Å². The smallest absolute Gasteiger partial charge is 0.0730 e. The van der Waals surface area contributed by atoms with E-state index in [1.165, 1.54) is 0 Å². The Morgan fingerprint density at radius 1 is 1.32 bits per heavy atom. The Kier molecular flexibility index (Phi) is 5.46. The highest BCUT2D eigenvalue weighted by Crippen LogP contribution is 2.28. The van der Waals surface area contributed by atoms with Gasteiger partial charge < -0.3 is 5.11 Å². The van der Waals surface area contributed by atoms with Crippen LogP contribution in [0.1, 0.15) is 31.4 Å². The maximum Gasteiger partial charge on any atom is 0.0730 e. The molecule has 0 bridgehead atoms. The van der Waals surface area contributed by atoms with Crippen LogP contribution in [0.4, 0.5) is 0 Å². The highest BCUT2D eigenvalue weighted by Gasteiger charge is 2.24. The average Bonchev–Trinajstić information content (AvgIpc) is 2.42. The fourth-order valence-corrected chi connectivity index (χ4v) is 3.13. The van der Waals surface area contributed by atoms with E-state index in [2.05, 4.69) is 16.9 Å². The lowest BCUT2D eigenvalue weighted by atomic mass is 9.86. The summed E-state index contributed by atoms with van der Waals surface area (Å²) in [5, 5.41) is 10.4. The molecular weight excluding hydrogens is 283 g/mol. The Bertz CT molecular complexity index is 420. The number of halogens is 2. The highest BCUT2D eigenvalue weighted by molar-refractivity contribution is 6.34. The molecule has 0 atom stereocenters. The van der Waals surface area contributed by atoms with Crippen LogP contribution in [-0.4, -0.2) is 34.7 Å².